The summed E-state index contributed by atoms with van der Waals surface area (Å²) in [7, 11) is 1.75. The monoisotopic (exact) mass is 243 g/mol. The van der Waals surface area contributed by atoms with E-state index in [1.165, 1.54) is 0 Å². The molecule has 0 aliphatic carbocycles. The van der Waals surface area contributed by atoms with Gasteiger partial charge in [-0.25, -0.2) is 0 Å². The van der Waals surface area contributed by atoms with Gasteiger partial charge in [0.05, 0.1) is 17.2 Å². The number of carbonyl (C=O) groups excluding carboxylic acids is 1. The fourth-order valence-electron chi connectivity index (χ4n) is 2.35. The standard InChI is InChI=1S/C14H17N3O/c1-14(7-4-8-16-14)13(18)17(2)12-6-3-5-11(9-12)10-15/h3,5-6,9,16H,4,7-8H2,1-2H3. The molecule has 1 amide bonds. The maximum absolute atomic E-state index is 12.4. The number of rotatable bonds is 2. The molecule has 0 saturated carbocycles. The van der Waals surface area contributed by atoms with E-state index < -0.39 is 5.54 Å². The molecule has 1 heterocycles. The quantitative estimate of drug-likeness (QED) is 0.859. The first-order valence-corrected chi connectivity index (χ1v) is 6.10. The van der Waals surface area contributed by atoms with Gasteiger partial charge in [-0.15, -0.1) is 0 Å². The molecule has 4 nitrogen and oxygen atoms in total. The Morgan fingerprint density at radius 2 is 2.33 bits per heavy atom. The SMILES string of the molecule is CN(C(=O)C1(C)CCCN1)c1cccc(C#N)c1. The number of anilines is 1. The van der Waals surface area contributed by atoms with Gasteiger partial charge in [-0.2, -0.15) is 5.26 Å². The van der Waals surface area contributed by atoms with Crippen LogP contribution in [0, 0.1) is 11.3 Å². The van der Waals surface area contributed by atoms with Crippen LogP contribution >= 0.6 is 0 Å². The minimum Gasteiger partial charge on any atom is -0.314 e. The molecule has 18 heavy (non-hydrogen) atoms. The molecular formula is C14H17N3O. The molecule has 0 radical (unpaired) electrons. The van der Waals surface area contributed by atoms with E-state index in [0.29, 0.717) is 5.56 Å². The molecular weight excluding hydrogens is 226 g/mol. The van der Waals surface area contributed by atoms with E-state index in [1.807, 2.05) is 13.0 Å². The van der Waals surface area contributed by atoms with E-state index in [2.05, 4.69) is 11.4 Å². The van der Waals surface area contributed by atoms with Gasteiger partial charge < -0.3 is 10.2 Å². The largest absolute Gasteiger partial charge is 0.314 e. The van der Waals surface area contributed by atoms with Crippen molar-refractivity contribution in [3.63, 3.8) is 0 Å². The second-order valence-electron chi connectivity index (χ2n) is 4.89. The van der Waals surface area contributed by atoms with Crippen LogP contribution in [0.1, 0.15) is 25.3 Å². The summed E-state index contributed by atoms with van der Waals surface area (Å²) < 4.78 is 0. The fourth-order valence-corrected chi connectivity index (χ4v) is 2.35. The predicted octanol–water partition coefficient (Wildman–Crippen LogP) is 1.66. The Kier molecular flexibility index (Phi) is 3.35. The second kappa shape index (κ2) is 4.79. The van der Waals surface area contributed by atoms with Crippen LogP contribution in [0.4, 0.5) is 5.69 Å². The lowest BCUT2D eigenvalue weighted by molar-refractivity contribution is -0.123. The highest BCUT2D eigenvalue weighted by molar-refractivity contribution is 5.99. The molecule has 1 aliphatic rings. The Morgan fingerprint density at radius 3 is 2.94 bits per heavy atom. The average Bonchev–Trinajstić information content (AvgIpc) is 2.85. The summed E-state index contributed by atoms with van der Waals surface area (Å²) in [5.41, 5.74) is 0.850. The van der Waals surface area contributed by atoms with Gasteiger partial charge in [0, 0.05) is 12.7 Å². The minimum absolute atomic E-state index is 0.0510. The number of nitriles is 1. The van der Waals surface area contributed by atoms with Crippen molar-refractivity contribution in [2.24, 2.45) is 0 Å². The van der Waals surface area contributed by atoms with Gasteiger partial charge in [0.15, 0.2) is 0 Å². The van der Waals surface area contributed by atoms with E-state index in [-0.39, 0.29) is 5.91 Å². The molecule has 1 atom stereocenters. The zero-order chi connectivity index (χ0) is 13.2. The topological polar surface area (TPSA) is 56.1 Å². The molecule has 0 bridgehead atoms. The van der Waals surface area contributed by atoms with Crippen molar-refractivity contribution >= 4 is 11.6 Å². The van der Waals surface area contributed by atoms with Gasteiger partial charge in [0.25, 0.3) is 0 Å². The first kappa shape index (κ1) is 12.6. The summed E-state index contributed by atoms with van der Waals surface area (Å²) in [5, 5.41) is 12.1. The van der Waals surface area contributed by atoms with Gasteiger partial charge in [-0.1, -0.05) is 6.07 Å². The Morgan fingerprint density at radius 1 is 1.56 bits per heavy atom. The fraction of sp³-hybridized carbons (Fsp3) is 0.429. The zero-order valence-electron chi connectivity index (χ0n) is 10.7. The van der Waals surface area contributed by atoms with Crippen molar-refractivity contribution in [3.8, 4) is 6.07 Å². The van der Waals surface area contributed by atoms with E-state index >= 15 is 0 Å². The Balaban J connectivity index is 2.23. The third-order valence-electron chi connectivity index (χ3n) is 3.51. The Labute approximate surface area is 107 Å². The van der Waals surface area contributed by atoms with Crippen LogP contribution in [0.15, 0.2) is 24.3 Å². The molecule has 1 saturated heterocycles. The van der Waals surface area contributed by atoms with Crippen LogP contribution in [-0.2, 0) is 4.79 Å². The molecule has 0 aromatic heterocycles. The molecule has 1 N–H and O–H groups in total. The van der Waals surface area contributed by atoms with Crippen LogP contribution in [0.5, 0.6) is 0 Å². The lowest BCUT2D eigenvalue weighted by Crippen LogP contribution is -2.51. The van der Waals surface area contributed by atoms with Gasteiger partial charge in [-0.05, 0) is 44.5 Å². The lowest BCUT2D eigenvalue weighted by Gasteiger charge is -2.29. The summed E-state index contributed by atoms with van der Waals surface area (Å²) in [6, 6.07) is 9.19. The van der Waals surface area contributed by atoms with Crippen LogP contribution in [-0.4, -0.2) is 25.0 Å². The Bertz CT molecular complexity index is 498. The van der Waals surface area contributed by atoms with Gasteiger partial charge in [-0.3, -0.25) is 4.79 Å². The van der Waals surface area contributed by atoms with Gasteiger partial charge in [0.1, 0.15) is 0 Å². The van der Waals surface area contributed by atoms with E-state index in [4.69, 9.17) is 5.26 Å². The third kappa shape index (κ3) is 2.22. The number of nitrogens with one attached hydrogen (secondary N) is 1. The zero-order valence-corrected chi connectivity index (χ0v) is 10.7. The van der Waals surface area contributed by atoms with Crippen LogP contribution < -0.4 is 10.2 Å². The normalized spacial score (nSPS) is 22.5. The molecule has 94 valence electrons. The summed E-state index contributed by atoms with van der Waals surface area (Å²) in [5.74, 6) is 0.0510. The summed E-state index contributed by atoms with van der Waals surface area (Å²) in [6.45, 7) is 2.82. The second-order valence-corrected chi connectivity index (χ2v) is 4.89. The van der Waals surface area contributed by atoms with E-state index in [0.717, 1.165) is 25.1 Å². The average molecular weight is 243 g/mol. The molecule has 1 unspecified atom stereocenters. The molecule has 1 aromatic carbocycles. The summed E-state index contributed by atoms with van der Waals surface area (Å²) in [6.07, 6.45) is 1.88. The maximum Gasteiger partial charge on any atom is 0.246 e. The molecule has 2 rings (SSSR count). The van der Waals surface area contributed by atoms with Crippen molar-refractivity contribution in [2.45, 2.75) is 25.3 Å². The van der Waals surface area contributed by atoms with Crippen molar-refractivity contribution in [2.75, 3.05) is 18.5 Å². The molecule has 1 aliphatic heterocycles. The number of nitrogens with zero attached hydrogens (tertiary/aromatic N) is 2. The third-order valence-corrected chi connectivity index (χ3v) is 3.51. The number of amides is 1. The highest BCUT2D eigenvalue weighted by Crippen LogP contribution is 2.24. The molecule has 4 heteroatoms. The van der Waals surface area contributed by atoms with Crippen molar-refractivity contribution in [1.82, 2.24) is 5.32 Å². The van der Waals surface area contributed by atoms with Crippen LogP contribution in [0.25, 0.3) is 0 Å². The summed E-state index contributed by atoms with van der Waals surface area (Å²) >= 11 is 0. The Hall–Kier alpha value is -1.86. The smallest absolute Gasteiger partial charge is 0.246 e. The van der Waals surface area contributed by atoms with Crippen molar-refractivity contribution in [3.05, 3.63) is 29.8 Å². The highest BCUT2D eigenvalue weighted by Gasteiger charge is 2.38. The molecule has 1 fully saturated rings. The summed E-state index contributed by atoms with van der Waals surface area (Å²) in [4.78, 5) is 14.1. The molecule has 0 spiro atoms. The van der Waals surface area contributed by atoms with Crippen molar-refractivity contribution in [1.29, 1.82) is 5.26 Å². The van der Waals surface area contributed by atoms with Crippen LogP contribution in [0.3, 0.4) is 0 Å². The number of carbonyl (C=O) groups is 1. The number of hydrogen-bond donors (Lipinski definition) is 1. The van der Waals surface area contributed by atoms with Gasteiger partial charge >= 0.3 is 0 Å². The predicted molar refractivity (Wildman–Crippen MR) is 70.2 cm³/mol. The van der Waals surface area contributed by atoms with E-state index in [1.54, 1.807) is 30.1 Å². The first-order valence-electron chi connectivity index (χ1n) is 6.10. The molecule has 1 aromatic rings. The minimum atomic E-state index is -0.475. The lowest BCUT2D eigenvalue weighted by atomic mass is 9.98. The van der Waals surface area contributed by atoms with Crippen molar-refractivity contribution < 1.29 is 4.79 Å². The number of hydrogen-bond acceptors (Lipinski definition) is 3. The first-order chi connectivity index (χ1) is 8.57. The maximum atomic E-state index is 12.4. The highest BCUT2D eigenvalue weighted by atomic mass is 16.2. The van der Waals surface area contributed by atoms with Gasteiger partial charge in [0.2, 0.25) is 5.91 Å². The van der Waals surface area contributed by atoms with Crippen LogP contribution in [0.2, 0.25) is 0 Å². The number of likely N-dealkylation sites (N-methyl/N-ethyl adjacent to an activating group) is 1. The number of benzene rings is 1. The van der Waals surface area contributed by atoms with E-state index in [9.17, 15) is 4.79 Å².